The summed E-state index contributed by atoms with van der Waals surface area (Å²) >= 11 is 0. The third kappa shape index (κ3) is 6.97. The van der Waals surface area contributed by atoms with Gasteiger partial charge in [0, 0.05) is 31.9 Å². The zero-order valence-electron chi connectivity index (χ0n) is 21.1. The minimum absolute atomic E-state index is 0.0135. The van der Waals surface area contributed by atoms with Crippen LogP contribution in [0.1, 0.15) is 84.0 Å². The number of nitrogens with zero attached hydrogens (tertiary/aromatic N) is 2. The van der Waals surface area contributed by atoms with E-state index in [1.165, 1.54) is 69.9 Å². The Morgan fingerprint density at radius 2 is 1.45 bits per heavy atom. The minimum atomic E-state index is -0.0135. The van der Waals surface area contributed by atoms with Crippen molar-refractivity contribution in [3.8, 4) is 5.75 Å². The van der Waals surface area contributed by atoms with Gasteiger partial charge in [-0.15, -0.1) is 0 Å². The number of esters is 1. The van der Waals surface area contributed by atoms with Crippen LogP contribution in [0.25, 0.3) is 0 Å². The van der Waals surface area contributed by atoms with E-state index in [0.29, 0.717) is 5.75 Å². The van der Waals surface area contributed by atoms with Crippen LogP contribution in [0.2, 0.25) is 0 Å². The van der Waals surface area contributed by atoms with E-state index >= 15 is 0 Å². The Bertz CT molecular complexity index is 710. The van der Waals surface area contributed by atoms with Crippen LogP contribution in [-0.2, 0) is 4.79 Å². The van der Waals surface area contributed by atoms with Gasteiger partial charge >= 0.3 is 5.97 Å². The van der Waals surface area contributed by atoms with E-state index < -0.39 is 0 Å². The van der Waals surface area contributed by atoms with Gasteiger partial charge in [0.15, 0.2) is 0 Å². The van der Waals surface area contributed by atoms with Gasteiger partial charge in [-0.3, -0.25) is 4.79 Å². The zero-order chi connectivity index (χ0) is 23.0. The maximum Gasteiger partial charge on any atom is 0.314 e. The summed E-state index contributed by atoms with van der Waals surface area (Å²) in [6, 6.07) is 8.14. The van der Waals surface area contributed by atoms with Gasteiger partial charge in [0.25, 0.3) is 0 Å². The summed E-state index contributed by atoms with van der Waals surface area (Å²) in [6.45, 7) is 6.60. The molecule has 4 heteroatoms. The van der Waals surface area contributed by atoms with Crippen LogP contribution in [0.4, 0.5) is 5.69 Å². The van der Waals surface area contributed by atoms with E-state index in [1.807, 2.05) is 12.1 Å². The summed E-state index contributed by atoms with van der Waals surface area (Å²) in [6.07, 6.45) is 15.8. The van der Waals surface area contributed by atoms with Crippen LogP contribution in [-0.4, -0.2) is 44.1 Å². The number of rotatable bonds is 8. The van der Waals surface area contributed by atoms with Crippen molar-refractivity contribution in [2.45, 2.75) is 84.0 Å². The molecule has 2 aliphatic carbocycles. The van der Waals surface area contributed by atoms with E-state index in [2.05, 4.69) is 35.9 Å². The topological polar surface area (TPSA) is 32.8 Å². The molecule has 0 radical (unpaired) electrons. The van der Waals surface area contributed by atoms with Crippen LogP contribution in [0.5, 0.6) is 5.75 Å². The Labute approximate surface area is 202 Å². The lowest BCUT2D eigenvalue weighted by atomic mass is 9.68. The number of carbonyl (C=O) groups excluding carboxylic acids is 1. The number of benzene rings is 1. The van der Waals surface area contributed by atoms with Crippen LogP contribution < -0.4 is 9.64 Å². The SMILES string of the molecule is CCCCCC1CCC(C2CCC(C(=O)Oc3ccc(N4CCN(C)CC4)cc3)CC2)CC1. The largest absolute Gasteiger partial charge is 0.426 e. The summed E-state index contributed by atoms with van der Waals surface area (Å²) in [5.41, 5.74) is 1.23. The number of hydrogen-bond acceptors (Lipinski definition) is 4. The molecule has 0 aromatic heterocycles. The Balaban J connectivity index is 1.17. The third-order valence-electron chi connectivity index (χ3n) is 8.80. The summed E-state index contributed by atoms with van der Waals surface area (Å²) in [4.78, 5) is 17.6. The predicted molar refractivity (Wildman–Crippen MR) is 137 cm³/mol. The second kappa shape index (κ2) is 12.2. The van der Waals surface area contributed by atoms with Gasteiger partial charge in [0.05, 0.1) is 5.92 Å². The number of hydrogen-bond donors (Lipinski definition) is 0. The van der Waals surface area contributed by atoms with Crippen molar-refractivity contribution < 1.29 is 9.53 Å². The van der Waals surface area contributed by atoms with Crippen molar-refractivity contribution in [3.05, 3.63) is 24.3 Å². The maximum absolute atomic E-state index is 12.8. The quantitative estimate of drug-likeness (QED) is 0.254. The van der Waals surface area contributed by atoms with Crippen LogP contribution in [0.15, 0.2) is 24.3 Å². The number of unbranched alkanes of at least 4 members (excludes halogenated alkanes) is 2. The highest BCUT2D eigenvalue weighted by Crippen LogP contribution is 2.42. The highest BCUT2D eigenvalue weighted by atomic mass is 16.5. The normalized spacial score (nSPS) is 29.1. The molecule has 0 unspecified atom stereocenters. The molecule has 0 bridgehead atoms. The average Bonchev–Trinajstić information content (AvgIpc) is 2.86. The van der Waals surface area contributed by atoms with E-state index in [-0.39, 0.29) is 11.9 Å². The van der Waals surface area contributed by atoms with Crippen LogP contribution >= 0.6 is 0 Å². The summed E-state index contributed by atoms with van der Waals surface area (Å²) in [7, 11) is 2.17. The van der Waals surface area contributed by atoms with Gasteiger partial charge in [-0.05, 0) is 87.6 Å². The van der Waals surface area contributed by atoms with Crippen molar-refractivity contribution in [2.24, 2.45) is 23.7 Å². The molecule has 0 spiro atoms. The summed E-state index contributed by atoms with van der Waals surface area (Å²) < 4.78 is 5.79. The molecule has 4 rings (SSSR count). The Morgan fingerprint density at radius 1 is 0.848 bits per heavy atom. The van der Waals surface area contributed by atoms with E-state index in [9.17, 15) is 4.79 Å². The first kappa shape index (κ1) is 24.6. The third-order valence-corrected chi connectivity index (χ3v) is 8.80. The molecule has 1 aromatic carbocycles. The fourth-order valence-electron chi connectivity index (χ4n) is 6.45. The first-order valence-electron chi connectivity index (χ1n) is 13.9. The number of piperazine rings is 1. The lowest BCUT2D eigenvalue weighted by molar-refractivity contribution is -0.140. The van der Waals surface area contributed by atoms with E-state index in [1.54, 1.807) is 0 Å². The van der Waals surface area contributed by atoms with E-state index in [4.69, 9.17) is 4.74 Å². The standard InChI is InChI=1S/C29H46N2O2/c1-3-4-5-6-23-7-9-24(10-8-23)25-11-13-26(14-12-25)29(32)33-28-17-15-27(16-18-28)31-21-19-30(2)20-22-31/h15-18,23-26H,3-14,19-22H2,1-2H3. The highest BCUT2D eigenvalue weighted by molar-refractivity contribution is 5.75. The summed E-state index contributed by atoms with van der Waals surface area (Å²) in [5.74, 6) is 3.51. The molecular weight excluding hydrogens is 408 g/mol. The smallest absolute Gasteiger partial charge is 0.314 e. The summed E-state index contributed by atoms with van der Waals surface area (Å²) in [5, 5.41) is 0. The molecule has 3 aliphatic rings. The monoisotopic (exact) mass is 454 g/mol. The Kier molecular flexibility index (Phi) is 9.11. The van der Waals surface area contributed by atoms with Gasteiger partial charge in [-0.2, -0.15) is 0 Å². The molecule has 1 saturated heterocycles. The van der Waals surface area contributed by atoms with Crippen molar-refractivity contribution in [2.75, 3.05) is 38.1 Å². The molecule has 2 saturated carbocycles. The van der Waals surface area contributed by atoms with Crippen molar-refractivity contribution >= 4 is 11.7 Å². The molecular formula is C29H46N2O2. The lowest BCUT2D eigenvalue weighted by Gasteiger charge is -2.37. The number of likely N-dealkylation sites (N-methyl/N-ethyl adjacent to an activating group) is 1. The van der Waals surface area contributed by atoms with Gasteiger partial charge in [0.2, 0.25) is 0 Å². The molecule has 1 aliphatic heterocycles. The Hall–Kier alpha value is -1.55. The second-order valence-electron chi connectivity index (χ2n) is 11.1. The number of carbonyl (C=O) groups is 1. The molecule has 1 aromatic rings. The van der Waals surface area contributed by atoms with Gasteiger partial charge in [0.1, 0.15) is 5.75 Å². The molecule has 1 heterocycles. The molecule has 4 nitrogen and oxygen atoms in total. The number of ether oxygens (including phenoxy) is 1. The Morgan fingerprint density at radius 3 is 2.06 bits per heavy atom. The van der Waals surface area contributed by atoms with Gasteiger partial charge in [-0.25, -0.2) is 0 Å². The minimum Gasteiger partial charge on any atom is -0.426 e. The first-order valence-corrected chi connectivity index (χ1v) is 13.9. The molecule has 0 N–H and O–H groups in total. The second-order valence-corrected chi connectivity index (χ2v) is 11.1. The van der Waals surface area contributed by atoms with Crippen molar-refractivity contribution in [1.82, 2.24) is 4.90 Å². The fraction of sp³-hybridized carbons (Fsp3) is 0.759. The van der Waals surface area contributed by atoms with Crippen molar-refractivity contribution in [1.29, 1.82) is 0 Å². The average molecular weight is 455 g/mol. The molecule has 0 amide bonds. The first-order chi connectivity index (χ1) is 16.1. The van der Waals surface area contributed by atoms with Crippen molar-refractivity contribution in [3.63, 3.8) is 0 Å². The van der Waals surface area contributed by atoms with Crippen LogP contribution in [0.3, 0.4) is 0 Å². The fourth-order valence-corrected chi connectivity index (χ4v) is 6.45. The lowest BCUT2D eigenvalue weighted by Crippen LogP contribution is -2.44. The zero-order valence-corrected chi connectivity index (χ0v) is 21.1. The molecule has 3 fully saturated rings. The molecule has 33 heavy (non-hydrogen) atoms. The predicted octanol–water partition coefficient (Wildman–Crippen LogP) is 6.54. The van der Waals surface area contributed by atoms with Crippen LogP contribution in [0, 0.1) is 23.7 Å². The molecule has 0 atom stereocenters. The van der Waals surface area contributed by atoms with Gasteiger partial charge < -0.3 is 14.5 Å². The van der Waals surface area contributed by atoms with E-state index in [0.717, 1.165) is 56.8 Å². The van der Waals surface area contributed by atoms with Gasteiger partial charge in [-0.1, -0.05) is 45.4 Å². The number of anilines is 1. The maximum atomic E-state index is 12.8. The molecule has 184 valence electrons. The highest BCUT2D eigenvalue weighted by Gasteiger charge is 2.33.